The van der Waals surface area contributed by atoms with Gasteiger partial charge in [-0.25, -0.2) is 0 Å². The number of nitrogens with zero attached hydrogens (tertiary/aromatic N) is 2. The number of nitrogens with one attached hydrogen (secondary N) is 1. The molecule has 2 rings (SSSR count). The van der Waals surface area contributed by atoms with Gasteiger partial charge in [-0.2, -0.15) is 5.10 Å². The van der Waals surface area contributed by atoms with Crippen LogP contribution in [0.2, 0.25) is 5.02 Å². The lowest BCUT2D eigenvalue weighted by molar-refractivity contribution is 0.102. The molecule has 0 saturated carbocycles. The largest absolute Gasteiger partial charge is 0.495 e. The van der Waals surface area contributed by atoms with Crippen LogP contribution in [0.1, 0.15) is 10.5 Å². The molecular weight excluding hydrogens is 254 g/mol. The Hall–Kier alpha value is -2.14. The normalized spacial score (nSPS) is 9.89. The number of methoxy groups -OCH3 is 1. The molecule has 0 fully saturated rings. The Labute approximate surface area is 109 Å². The van der Waals surface area contributed by atoms with E-state index < -0.39 is 0 Å². The van der Waals surface area contributed by atoms with Crippen molar-refractivity contribution in [2.75, 3.05) is 12.4 Å². The number of carbonyl (C=O) groups is 1. The molecule has 1 aromatic heterocycles. The molecule has 0 spiro atoms. The summed E-state index contributed by atoms with van der Waals surface area (Å²) in [6.07, 6.45) is 1.50. The number of ether oxygens (including phenoxy) is 1. The topological polar surface area (TPSA) is 64.1 Å². The van der Waals surface area contributed by atoms with Crippen molar-refractivity contribution in [1.29, 1.82) is 0 Å². The maximum Gasteiger partial charge on any atom is 0.276 e. The lowest BCUT2D eigenvalue weighted by Crippen LogP contribution is -2.13. The van der Waals surface area contributed by atoms with Crippen LogP contribution in [0.3, 0.4) is 0 Å². The molecule has 5 nitrogen and oxygen atoms in total. The van der Waals surface area contributed by atoms with Crippen LogP contribution in [0.4, 0.5) is 5.69 Å². The molecular formula is C12H10ClN3O2. The number of hydrogen-bond donors (Lipinski definition) is 1. The van der Waals surface area contributed by atoms with E-state index >= 15 is 0 Å². The van der Waals surface area contributed by atoms with Gasteiger partial charge in [-0.05, 0) is 30.3 Å². The van der Waals surface area contributed by atoms with Crippen LogP contribution < -0.4 is 10.1 Å². The zero-order valence-corrected chi connectivity index (χ0v) is 10.3. The van der Waals surface area contributed by atoms with E-state index in [9.17, 15) is 4.79 Å². The highest BCUT2D eigenvalue weighted by molar-refractivity contribution is 6.32. The van der Waals surface area contributed by atoms with Gasteiger partial charge in [0.15, 0.2) is 5.69 Å². The molecule has 6 heteroatoms. The summed E-state index contributed by atoms with van der Waals surface area (Å²) in [5.41, 5.74) is 0.806. The summed E-state index contributed by atoms with van der Waals surface area (Å²) in [6, 6.07) is 8.19. The fourth-order valence-corrected chi connectivity index (χ4v) is 1.62. The Kier molecular flexibility index (Phi) is 3.74. The van der Waals surface area contributed by atoms with Gasteiger partial charge in [-0.1, -0.05) is 11.6 Å². The van der Waals surface area contributed by atoms with E-state index in [1.54, 1.807) is 30.3 Å². The first-order valence-electron chi connectivity index (χ1n) is 5.13. The van der Waals surface area contributed by atoms with Crippen LogP contribution in [0.15, 0.2) is 36.5 Å². The fraction of sp³-hybridized carbons (Fsp3) is 0.0833. The molecule has 1 amide bonds. The first-order valence-corrected chi connectivity index (χ1v) is 5.51. The summed E-state index contributed by atoms with van der Waals surface area (Å²) < 4.78 is 5.02. The maximum atomic E-state index is 11.8. The second-order valence-corrected chi connectivity index (χ2v) is 3.82. The van der Waals surface area contributed by atoms with Gasteiger partial charge in [0.2, 0.25) is 0 Å². The third kappa shape index (κ3) is 2.75. The van der Waals surface area contributed by atoms with Gasteiger partial charge in [0, 0.05) is 11.9 Å². The fourth-order valence-electron chi connectivity index (χ4n) is 1.36. The highest BCUT2D eigenvalue weighted by atomic mass is 35.5. The van der Waals surface area contributed by atoms with Gasteiger partial charge in [-0.3, -0.25) is 4.79 Å². The van der Waals surface area contributed by atoms with Crippen molar-refractivity contribution in [1.82, 2.24) is 10.2 Å². The van der Waals surface area contributed by atoms with E-state index in [2.05, 4.69) is 15.5 Å². The van der Waals surface area contributed by atoms with Crippen molar-refractivity contribution in [3.63, 3.8) is 0 Å². The monoisotopic (exact) mass is 263 g/mol. The third-order valence-corrected chi connectivity index (χ3v) is 2.51. The molecule has 18 heavy (non-hydrogen) atoms. The van der Waals surface area contributed by atoms with Gasteiger partial charge >= 0.3 is 0 Å². The van der Waals surface area contributed by atoms with Crippen molar-refractivity contribution in [3.05, 3.63) is 47.2 Å². The summed E-state index contributed by atoms with van der Waals surface area (Å²) in [5, 5.41) is 10.4. The second-order valence-electron chi connectivity index (χ2n) is 3.41. The molecule has 1 heterocycles. The minimum Gasteiger partial charge on any atom is -0.495 e. The van der Waals surface area contributed by atoms with Crippen LogP contribution >= 0.6 is 11.6 Å². The standard InChI is InChI=1S/C12H10ClN3O2/c1-18-11-5-4-8(7-9(11)13)15-12(17)10-3-2-6-14-16-10/h2-7H,1H3,(H,15,17). The predicted octanol–water partition coefficient (Wildman–Crippen LogP) is 2.39. The number of carbonyl (C=O) groups excluding carboxylic acids is 1. The molecule has 92 valence electrons. The Morgan fingerprint density at radius 1 is 1.39 bits per heavy atom. The van der Waals surface area contributed by atoms with Crippen LogP contribution in [-0.4, -0.2) is 23.2 Å². The van der Waals surface area contributed by atoms with E-state index in [1.807, 2.05) is 0 Å². The Bertz CT molecular complexity index is 561. The van der Waals surface area contributed by atoms with E-state index in [0.29, 0.717) is 16.5 Å². The van der Waals surface area contributed by atoms with Crippen LogP contribution in [0.25, 0.3) is 0 Å². The number of amides is 1. The highest BCUT2D eigenvalue weighted by Gasteiger charge is 2.08. The number of hydrogen-bond acceptors (Lipinski definition) is 4. The lowest BCUT2D eigenvalue weighted by atomic mass is 10.3. The molecule has 0 aliphatic rings. The van der Waals surface area contributed by atoms with Gasteiger partial charge in [-0.15, -0.1) is 5.10 Å². The SMILES string of the molecule is COc1ccc(NC(=O)c2cccnn2)cc1Cl. The van der Waals surface area contributed by atoms with E-state index in [-0.39, 0.29) is 11.6 Å². The molecule has 0 radical (unpaired) electrons. The average molecular weight is 264 g/mol. The van der Waals surface area contributed by atoms with Crippen LogP contribution in [0, 0.1) is 0 Å². The second kappa shape index (κ2) is 5.46. The highest BCUT2D eigenvalue weighted by Crippen LogP contribution is 2.27. The molecule has 1 N–H and O–H groups in total. The minimum absolute atomic E-state index is 0.240. The van der Waals surface area contributed by atoms with E-state index in [1.165, 1.54) is 13.3 Å². The summed E-state index contributed by atoms with van der Waals surface area (Å²) in [4.78, 5) is 11.8. The summed E-state index contributed by atoms with van der Waals surface area (Å²) in [5.74, 6) is 0.207. The van der Waals surface area contributed by atoms with Crippen molar-refractivity contribution < 1.29 is 9.53 Å². The van der Waals surface area contributed by atoms with Crippen molar-refractivity contribution in [2.24, 2.45) is 0 Å². The molecule has 2 aromatic rings. The number of anilines is 1. The Balaban J connectivity index is 2.15. The smallest absolute Gasteiger partial charge is 0.276 e. The molecule has 0 bridgehead atoms. The van der Waals surface area contributed by atoms with Crippen LogP contribution in [0.5, 0.6) is 5.75 Å². The lowest BCUT2D eigenvalue weighted by Gasteiger charge is -2.07. The van der Waals surface area contributed by atoms with Crippen molar-refractivity contribution >= 4 is 23.2 Å². The molecule has 0 atom stereocenters. The minimum atomic E-state index is -0.343. The van der Waals surface area contributed by atoms with Crippen molar-refractivity contribution in [2.45, 2.75) is 0 Å². The van der Waals surface area contributed by atoms with E-state index in [0.717, 1.165) is 0 Å². The third-order valence-electron chi connectivity index (χ3n) is 2.21. The first kappa shape index (κ1) is 12.3. The number of halogens is 1. The quantitative estimate of drug-likeness (QED) is 0.923. The van der Waals surface area contributed by atoms with Gasteiger partial charge in [0.25, 0.3) is 5.91 Å². The number of benzene rings is 1. The van der Waals surface area contributed by atoms with Gasteiger partial charge in [0.05, 0.1) is 12.1 Å². The maximum absolute atomic E-state index is 11.8. The van der Waals surface area contributed by atoms with Crippen molar-refractivity contribution in [3.8, 4) is 5.75 Å². The van der Waals surface area contributed by atoms with Gasteiger partial charge < -0.3 is 10.1 Å². The molecule has 0 aliphatic carbocycles. The first-order chi connectivity index (χ1) is 8.70. The number of aromatic nitrogens is 2. The molecule has 0 unspecified atom stereocenters. The van der Waals surface area contributed by atoms with Crippen LogP contribution in [-0.2, 0) is 0 Å². The summed E-state index contributed by atoms with van der Waals surface area (Å²) in [7, 11) is 1.53. The molecule has 1 aromatic carbocycles. The summed E-state index contributed by atoms with van der Waals surface area (Å²) >= 11 is 5.95. The average Bonchev–Trinajstić information content (AvgIpc) is 2.40. The molecule has 0 saturated heterocycles. The Morgan fingerprint density at radius 2 is 2.22 bits per heavy atom. The summed E-state index contributed by atoms with van der Waals surface area (Å²) in [6.45, 7) is 0. The number of rotatable bonds is 3. The zero-order valence-electron chi connectivity index (χ0n) is 9.55. The molecule has 0 aliphatic heterocycles. The zero-order chi connectivity index (χ0) is 13.0. The van der Waals surface area contributed by atoms with E-state index in [4.69, 9.17) is 16.3 Å². The predicted molar refractivity (Wildman–Crippen MR) is 68.0 cm³/mol. The van der Waals surface area contributed by atoms with Gasteiger partial charge in [0.1, 0.15) is 5.75 Å². The Morgan fingerprint density at radius 3 is 2.83 bits per heavy atom.